The summed E-state index contributed by atoms with van der Waals surface area (Å²) in [5.74, 6) is 0.601. The molecule has 0 N–H and O–H groups in total. The molecule has 0 aliphatic heterocycles. The standard InChI is InChI=1S/C32H22/c1-3-9-21(10-4-1)23-15-17-27-29(19-23)31-25-13-7-8-14-26(25)32(27)30-20-24(16-18-28(30)31)22-11-5-2-6-12-22/h1-20,31-32H. The molecule has 5 aromatic carbocycles. The zero-order valence-electron chi connectivity index (χ0n) is 17.7. The highest BCUT2D eigenvalue weighted by Gasteiger charge is 2.41. The van der Waals surface area contributed by atoms with Crippen LogP contribution < -0.4 is 0 Å². The lowest BCUT2D eigenvalue weighted by Gasteiger charge is -2.42. The van der Waals surface area contributed by atoms with Gasteiger partial charge in [-0.25, -0.2) is 0 Å². The van der Waals surface area contributed by atoms with Gasteiger partial charge in [0.1, 0.15) is 0 Å². The van der Waals surface area contributed by atoms with Crippen molar-refractivity contribution >= 4 is 0 Å². The first-order valence-corrected chi connectivity index (χ1v) is 11.4. The minimum absolute atomic E-state index is 0.301. The Balaban J connectivity index is 1.45. The highest BCUT2D eigenvalue weighted by atomic mass is 14.4. The highest BCUT2D eigenvalue weighted by molar-refractivity contribution is 5.75. The minimum atomic E-state index is 0.301. The summed E-state index contributed by atoms with van der Waals surface area (Å²) in [4.78, 5) is 0. The molecule has 0 nitrogen and oxygen atoms in total. The van der Waals surface area contributed by atoms with E-state index in [9.17, 15) is 0 Å². The molecule has 32 heavy (non-hydrogen) atoms. The van der Waals surface area contributed by atoms with Crippen molar-refractivity contribution in [3.05, 3.63) is 155 Å². The molecule has 0 heteroatoms. The molecule has 2 bridgehead atoms. The van der Waals surface area contributed by atoms with Crippen LogP contribution in [0, 0.1) is 0 Å². The van der Waals surface area contributed by atoms with E-state index >= 15 is 0 Å². The summed E-state index contributed by atoms with van der Waals surface area (Å²) in [6.07, 6.45) is 0. The van der Waals surface area contributed by atoms with E-state index in [-0.39, 0.29) is 0 Å². The summed E-state index contributed by atoms with van der Waals surface area (Å²) in [6.45, 7) is 0. The van der Waals surface area contributed by atoms with Gasteiger partial charge in [-0.15, -0.1) is 0 Å². The minimum Gasteiger partial charge on any atom is -0.0622 e. The average Bonchev–Trinajstić information content (AvgIpc) is 2.89. The third-order valence-corrected chi connectivity index (χ3v) is 7.25. The van der Waals surface area contributed by atoms with Gasteiger partial charge in [0.15, 0.2) is 0 Å². The zero-order chi connectivity index (χ0) is 21.1. The predicted molar refractivity (Wildman–Crippen MR) is 132 cm³/mol. The Morgan fingerprint density at radius 3 is 1.09 bits per heavy atom. The molecule has 8 rings (SSSR count). The molecule has 0 radical (unpaired) electrons. The fourth-order valence-corrected chi connectivity index (χ4v) is 5.84. The molecule has 3 aliphatic carbocycles. The van der Waals surface area contributed by atoms with Crippen LogP contribution in [0.4, 0.5) is 0 Å². The third kappa shape index (κ3) is 2.50. The molecule has 0 saturated heterocycles. The zero-order valence-corrected chi connectivity index (χ0v) is 17.7. The quantitative estimate of drug-likeness (QED) is 0.273. The van der Waals surface area contributed by atoms with Crippen LogP contribution in [0.15, 0.2) is 121 Å². The van der Waals surface area contributed by atoms with Crippen LogP contribution in [0.2, 0.25) is 0 Å². The van der Waals surface area contributed by atoms with Crippen LogP contribution in [0.5, 0.6) is 0 Å². The van der Waals surface area contributed by atoms with Gasteiger partial charge in [-0.1, -0.05) is 109 Å². The third-order valence-electron chi connectivity index (χ3n) is 7.25. The molecule has 0 spiro atoms. The van der Waals surface area contributed by atoms with E-state index in [4.69, 9.17) is 0 Å². The Morgan fingerprint density at radius 2 is 0.656 bits per heavy atom. The fourth-order valence-electron chi connectivity index (χ4n) is 5.84. The number of rotatable bonds is 2. The van der Waals surface area contributed by atoms with E-state index in [2.05, 4.69) is 121 Å². The molecule has 150 valence electrons. The Labute approximate surface area is 188 Å². The molecular formula is C32H22. The molecule has 0 aromatic heterocycles. The van der Waals surface area contributed by atoms with E-state index in [0.29, 0.717) is 11.8 Å². The van der Waals surface area contributed by atoms with Gasteiger partial charge < -0.3 is 0 Å². The van der Waals surface area contributed by atoms with Crippen LogP contribution in [-0.2, 0) is 0 Å². The van der Waals surface area contributed by atoms with Crippen LogP contribution in [-0.4, -0.2) is 0 Å². The lowest BCUT2D eigenvalue weighted by molar-refractivity contribution is 0.755. The van der Waals surface area contributed by atoms with E-state index in [1.807, 2.05) is 0 Å². The highest BCUT2D eigenvalue weighted by Crippen LogP contribution is 2.56. The molecule has 3 aliphatic rings. The fraction of sp³-hybridized carbons (Fsp3) is 0.0625. The van der Waals surface area contributed by atoms with Crippen molar-refractivity contribution in [2.45, 2.75) is 11.8 Å². The molecule has 2 unspecified atom stereocenters. The second-order valence-electron chi connectivity index (χ2n) is 8.91. The second kappa shape index (κ2) is 6.80. The van der Waals surface area contributed by atoms with Crippen LogP contribution in [0.1, 0.15) is 45.2 Å². The van der Waals surface area contributed by atoms with Gasteiger partial charge >= 0.3 is 0 Å². The van der Waals surface area contributed by atoms with Gasteiger partial charge in [0.25, 0.3) is 0 Å². The van der Waals surface area contributed by atoms with Gasteiger partial charge in [0.2, 0.25) is 0 Å². The molecule has 0 fully saturated rings. The van der Waals surface area contributed by atoms with Gasteiger partial charge in [0.05, 0.1) is 0 Å². The van der Waals surface area contributed by atoms with E-state index < -0.39 is 0 Å². The predicted octanol–water partition coefficient (Wildman–Crippen LogP) is 8.01. The summed E-state index contributed by atoms with van der Waals surface area (Å²) in [7, 11) is 0. The lowest BCUT2D eigenvalue weighted by atomic mass is 9.60. The summed E-state index contributed by atoms with van der Waals surface area (Å²) < 4.78 is 0. The maximum absolute atomic E-state index is 2.44. The summed E-state index contributed by atoms with van der Waals surface area (Å²) in [5.41, 5.74) is 14.0. The average molecular weight is 407 g/mol. The van der Waals surface area contributed by atoms with Crippen molar-refractivity contribution in [2.24, 2.45) is 0 Å². The number of benzene rings is 5. The van der Waals surface area contributed by atoms with Crippen LogP contribution >= 0.6 is 0 Å². The maximum Gasteiger partial charge on any atom is 0.0349 e. The molecule has 0 saturated carbocycles. The van der Waals surface area contributed by atoms with Crippen LogP contribution in [0.3, 0.4) is 0 Å². The largest absolute Gasteiger partial charge is 0.0622 e. The maximum atomic E-state index is 2.44. The molecule has 2 atom stereocenters. The first-order chi connectivity index (χ1) is 15.9. The monoisotopic (exact) mass is 406 g/mol. The van der Waals surface area contributed by atoms with Gasteiger partial charge in [-0.3, -0.25) is 0 Å². The number of hydrogen-bond acceptors (Lipinski definition) is 0. The van der Waals surface area contributed by atoms with E-state index in [1.54, 1.807) is 0 Å². The SMILES string of the molecule is c1ccc(-c2ccc3c(c2)C2c4ccccc4C3c3cc(-c4ccccc4)ccc32)cc1. The summed E-state index contributed by atoms with van der Waals surface area (Å²) in [5, 5.41) is 0. The van der Waals surface area contributed by atoms with Crippen LogP contribution in [0.25, 0.3) is 22.3 Å². The summed E-state index contributed by atoms with van der Waals surface area (Å²) >= 11 is 0. The lowest BCUT2D eigenvalue weighted by Crippen LogP contribution is -2.27. The van der Waals surface area contributed by atoms with Crippen molar-refractivity contribution in [3.8, 4) is 22.3 Å². The normalized spacial score (nSPS) is 17.4. The first kappa shape index (κ1) is 17.7. The van der Waals surface area contributed by atoms with Crippen molar-refractivity contribution < 1.29 is 0 Å². The Hall–Kier alpha value is -3.90. The molecule has 5 aromatic rings. The Kier molecular flexibility index (Phi) is 3.77. The van der Waals surface area contributed by atoms with E-state index in [0.717, 1.165) is 0 Å². The second-order valence-corrected chi connectivity index (χ2v) is 8.91. The van der Waals surface area contributed by atoms with Gasteiger partial charge in [-0.05, 0) is 67.8 Å². The van der Waals surface area contributed by atoms with E-state index in [1.165, 1.54) is 55.6 Å². The first-order valence-electron chi connectivity index (χ1n) is 11.4. The van der Waals surface area contributed by atoms with Crippen molar-refractivity contribution in [2.75, 3.05) is 0 Å². The smallest absolute Gasteiger partial charge is 0.0349 e. The molecule has 0 heterocycles. The van der Waals surface area contributed by atoms with Crippen molar-refractivity contribution in [1.82, 2.24) is 0 Å². The van der Waals surface area contributed by atoms with Crippen molar-refractivity contribution in [1.29, 1.82) is 0 Å². The number of hydrogen-bond donors (Lipinski definition) is 0. The molecule has 0 amide bonds. The van der Waals surface area contributed by atoms with Gasteiger partial charge in [0, 0.05) is 11.8 Å². The summed E-state index contributed by atoms with van der Waals surface area (Å²) in [6, 6.07) is 44.8. The Morgan fingerprint density at radius 1 is 0.281 bits per heavy atom. The Bertz CT molecular complexity index is 1350. The topological polar surface area (TPSA) is 0 Å². The van der Waals surface area contributed by atoms with Gasteiger partial charge in [-0.2, -0.15) is 0 Å². The molecular weight excluding hydrogens is 384 g/mol. The van der Waals surface area contributed by atoms with Crippen molar-refractivity contribution in [3.63, 3.8) is 0 Å².